The summed E-state index contributed by atoms with van der Waals surface area (Å²) in [5, 5.41) is 0.750. The third-order valence-electron chi connectivity index (χ3n) is 3.28. The molecule has 0 aliphatic rings. The zero-order valence-electron chi connectivity index (χ0n) is 13.3. The summed E-state index contributed by atoms with van der Waals surface area (Å²) in [5.41, 5.74) is 2.85. The molecule has 1 aromatic heterocycles. The van der Waals surface area contributed by atoms with E-state index in [4.69, 9.17) is 16.2 Å². The number of nitrogens with zero attached hydrogens (tertiary/aromatic N) is 1. The molecule has 0 saturated heterocycles. The molecule has 0 aliphatic carbocycles. The lowest BCUT2D eigenvalue weighted by Crippen LogP contribution is -1.98. The molecule has 3 aromatic rings. The lowest BCUT2D eigenvalue weighted by Gasteiger charge is -2.01. The molecule has 0 atom stereocenters. The van der Waals surface area contributed by atoms with E-state index in [2.05, 4.69) is 4.98 Å². The minimum Gasteiger partial charge on any atom is -0.282 e. The number of hydrogen-bond acceptors (Lipinski definition) is 5. The van der Waals surface area contributed by atoms with Crippen LogP contribution in [0.4, 0.5) is 0 Å². The van der Waals surface area contributed by atoms with E-state index in [0.29, 0.717) is 0 Å². The fourth-order valence-corrected chi connectivity index (χ4v) is 4.04. The number of halogens is 1. The van der Waals surface area contributed by atoms with E-state index in [1.807, 2.05) is 31.4 Å². The van der Waals surface area contributed by atoms with Gasteiger partial charge in [-0.3, -0.25) is 4.55 Å². The number of benzene rings is 2. The maximum Gasteiger partial charge on any atom is 0.294 e. The van der Waals surface area contributed by atoms with Crippen molar-refractivity contribution in [1.29, 1.82) is 0 Å². The van der Waals surface area contributed by atoms with Gasteiger partial charge in [-0.2, -0.15) is 8.42 Å². The van der Waals surface area contributed by atoms with Crippen molar-refractivity contribution in [3.8, 4) is 0 Å². The SMILES string of the molecule is CSc1nc2cc(Cl)ccc2s1.Cc1ccc(S(=O)(=O)O)cc1C. The molecule has 2 aromatic carbocycles. The van der Waals surface area contributed by atoms with Crippen molar-refractivity contribution < 1.29 is 13.0 Å². The van der Waals surface area contributed by atoms with Crippen LogP contribution in [0.3, 0.4) is 0 Å². The fourth-order valence-electron chi connectivity index (χ4n) is 1.84. The first-order valence-electron chi connectivity index (χ1n) is 6.85. The summed E-state index contributed by atoms with van der Waals surface area (Å²) in [6, 6.07) is 10.3. The Morgan fingerprint density at radius 1 is 1.12 bits per heavy atom. The molecule has 0 spiro atoms. The Kier molecular flexibility index (Phi) is 6.28. The van der Waals surface area contributed by atoms with Gasteiger partial charge in [0.2, 0.25) is 0 Å². The highest BCUT2D eigenvalue weighted by atomic mass is 35.5. The number of fused-ring (bicyclic) bond motifs is 1. The van der Waals surface area contributed by atoms with Crippen LogP contribution in [0.1, 0.15) is 11.1 Å². The maximum absolute atomic E-state index is 10.7. The van der Waals surface area contributed by atoms with Gasteiger partial charge in [0.15, 0.2) is 4.34 Å². The Morgan fingerprint density at radius 3 is 2.42 bits per heavy atom. The fraction of sp³-hybridized carbons (Fsp3) is 0.188. The van der Waals surface area contributed by atoms with E-state index in [-0.39, 0.29) is 4.90 Å². The van der Waals surface area contributed by atoms with Crippen molar-refractivity contribution in [3.63, 3.8) is 0 Å². The van der Waals surface area contributed by atoms with Crippen molar-refractivity contribution >= 4 is 55.0 Å². The van der Waals surface area contributed by atoms with E-state index >= 15 is 0 Å². The smallest absolute Gasteiger partial charge is 0.282 e. The van der Waals surface area contributed by atoms with E-state index in [9.17, 15) is 8.42 Å². The highest BCUT2D eigenvalue weighted by molar-refractivity contribution is 8.00. The minimum atomic E-state index is -4.04. The summed E-state index contributed by atoms with van der Waals surface area (Å²) in [5.74, 6) is 0. The lowest BCUT2D eigenvalue weighted by atomic mass is 10.1. The van der Waals surface area contributed by atoms with Crippen molar-refractivity contribution in [2.75, 3.05) is 6.26 Å². The van der Waals surface area contributed by atoms with Crippen LogP contribution in [-0.4, -0.2) is 24.2 Å². The molecule has 3 rings (SSSR count). The molecule has 1 heterocycles. The Balaban J connectivity index is 0.000000174. The first-order valence-corrected chi connectivity index (χ1v) is 10.7. The predicted octanol–water partition coefficient (Wildman–Crippen LogP) is 5.22. The topological polar surface area (TPSA) is 67.3 Å². The highest BCUT2D eigenvalue weighted by Crippen LogP contribution is 2.29. The Morgan fingerprint density at radius 2 is 1.83 bits per heavy atom. The molecule has 128 valence electrons. The second kappa shape index (κ2) is 7.84. The molecule has 0 saturated carbocycles. The Bertz CT molecular complexity index is 968. The molecule has 1 N–H and O–H groups in total. The monoisotopic (exact) mass is 401 g/mol. The summed E-state index contributed by atoms with van der Waals surface area (Å²) in [7, 11) is -4.04. The number of thioether (sulfide) groups is 1. The number of thiazole rings is 1. The number of rotatable bonds is 2. The van der Waals surface area contributed by atoms with Crippen LogP contribution in [0, 0.1) is 13.8 Å². The molecule has 4 nitrogen and oxygen atoms in total. The second-order valence-corrected chi connectivity index (χ2v) is 8.96. The summed E-state index contributed by atoms with van der Waals surface area (Å²) in [4.78, 5) is 4.34. The first kappa shape index (κ1) is 19.2. The summed E-state index contributed by atoms with van der Waals surface area (Å²) in [6.07, 6.45) is 2.03. The summed E-state index contributed by atoms with van der Waals surface area (Å²) >= 11 is 9.19. The van der Waals surface area contributed by atoms with Gasteiger partial charge in [0.05, 0.1) is 15.1 Å². The zero-order chi connectivity index (χ0) is 17.9. The van der Waals surface area contributed by atoms with Crippen LogP contribution in [-0.2, 0) is 10.1 Å². The van der Waals surface area contributed by atoms with Gasteiger partial charge in [-0.05, 0) is 61.6 Å². The molecule has 0 radical (unpaired) electrons. The molecule has 0 unspecified atom stereocenters. The van der Waals surface area contributed by atoms with Crippen molar-refractivity contribution in [1.82, 2.24) is 4.98 Å². The molecule has 8 heteroatoms. The van der Waals surface area contributed by atoms with Gasteiger partial charge in [-0.15, -0.1) is 11.3 Å². The van der Waals surface area contributed by atoms with E-state index in [0.717, 1.165) is 26.0 Å². The summed E-state index contributed by atoms with van der Waals surface area (Å²) < 4.78 is 32.3. The van der Waals surface area contributed by atoms with Crippen LogP contribution < -0.4 is 0 Å². The molecule has 0 amide bonds. The molecular formula is C16H16ClNO3S3. The van der Waals surface area contributed by atoms with E-state index in [1.165, 1.54) is 16.8 Å². The largest absolute Gasteiger partial charge is 0.294 e. The first-order chi connectivity index (χ1) is 11.2. The average molecular weight is 402 g/mol. The molecular weight excluding hydrogens is 386 g/mol. The number of hydrogen-bond donors (Lipinski definition) is 1. The maximum atomic E-state index is 10.7. The van der Waals surface area contributed by atoms with Gasteiger partial charge in [0, 0.05) is 5.02 Å². The van der Waals surface area contributed by atoms with E-state index in [1.54, 1.807) is 36.1 Å². The van der Waals surface area contributed by atoms with Gasteiger partial charge in [0.1, 0.15) is 0 Å². The Labute approximate surface area is 154 Å². The highest BCUT2D eigenvalue weighted by Gasteiger charge is 2.09. The molecule has 24 heavy (non-hydrogen) atoms. The van der Waals surface area contributed by atoms with Crippen molar-refractivity contribution in [3.05, 3.63) is 52.5 Å². The molecule has 0 aliphatic heterocycles. The lowest BCUT2D eigenvalue weighted by molar-refractivity contribution is 0.483. The minimum absolute atomic E-state index is 0.0504. The predicted molar refractivity (Wildman–Crippen MR) is 102 cm³/mol. The van der Waals surface area contributed by atoms with Crippen LogP contribution in [0.15, 0.2) is 45.6 Å². The van der Waals surface area contributed by atoms with E-state index < -0.39 is 10.1 Å². The van der Waals surface area contributed by atoms with Gasteiger partial charge >= 0.3 is 0 Å². The zero-order valence-corrected chi connectivity index (χ0v) is 16.5. The average Bonchev–Trinajstić information content (AvgIpc) is 2.91. The van der Waals surface area contributed by atoms with Crippen molar-refractivity contribution in [2.45, 2.75) is 23.1 Å². The number of aryl methyl sites for hydroxylation is 2. The van der Waals surface area contributed by atoms with Crippen LogP contribution >= 0.6 is 34.7 Å². The van der Waals surface area contributed by atoms with Gasteiger partial charge in [0.25, 0.3) is 10.1 Å². The van der Waals surface area contributed by atoms with Gasteiger partial charge in [-0.25, -0.2) is 4.98 Å². The van der Waals surface area contributed by atoms with Crippen LogP contribution in [0.2, 0.25) is 5.02 Å². The van der Waals surface area contributed by atoms with Crippen LogP contribution in [0.5, 0.6) is 0 Å². The second-order valence-electron chi connectivity index (χ2n) is 5.02. The molecule has 0 bridgehead atoms. The Hall–Kier alpha value is -1.12. The van der Waals surface area contributed by atoms with Crippen molar-refractivity contribution in [2.24, 2.45) is 0 Å². The number of aromatic nitrogens is 1. The molecule has 0 fully saturated rings. The van der Waals surface area contributed by atoms with Crippen LogP contribution in [0.25, 0.3) is 10.2 Å². The van der Waals surface area contributed by atoms with Gasteiger partial charge < -0.3 is 0 Å². The third-order valence-corrected chi connectivity index (χ3v) is 6.39. The quantitative estimate of drug-likeness (QED) is 0.470. The normalized spacial score (nSPS) is 11.2. The summed E-state index contributed by atoms with van der Waals surface area (Å²) in [6.45, 7) is 3.67. The standard InChI is InChI=1S/C8H6ClNS2.C8H10O3S/c1-11-8-10-6-4-5(9)2-3-7(6)12-8;1-6-3-4-8(5-7(6)2)12(9,10)11/h2-4H,1H3;3-5H,1-2H3,(H,9,10,11). The van der Waals surface area contributed by atoms with Gasteiger partial charge in [-0.1, -0.05) is 29.4 Å². The third kappa shape index (κ3) is 4.94.